The van der Waals surface area contributed by atoms with Gasteiger partial charge in [-0.25, -0.2) is 0 Å². The Hall–Kier alpha value is -1.74. The summed E-state index contributed by atoms with van der Waals surface area (Å²) in [7, 11) is 0. The van der Waals surface area contributed by atoms with Crippen LogP contribution in [0.1, 0.15) is 24.0 Å². The fourth-order valence-corrected chi connectivity index (χ4v) is 2.44. The number of aromatic nitrogens is 1. The van der Waals surface area contributed by atoms with Gasteiger partial charge in [-0.2, -0.15) is 0 Å². The standard InChI is InChI=1S/C15H16N2O.ClH/c16-13-8-9-17-10-15(13)18-14-7-3-5-11-4-1-2-6-12(11)14;/h3,5,7-10H,1-2,4,6H2,(H2,16,17);1H. The first-order valence-corrected chi connectivity index (χ1v) is 6.33. The lowest BCUT2D eigenvalue weighted by molar-refractivity contribution is 0.470. The molecular weight excluding hydrogens is 260 g/mol. The van der Waals surface area contributed by atoms with Crippen molar-refractivity contribution >= 4 is 18.1 Å². The van der Waals surface area contributed by atoms with Gasteiger partial charge in [0.25, 0.3) is 0 Å². The molecule has 0 spiro atoms. The number of nitrogens with two attached hydrogens (primary N) is 1. The number of aryl methyl sites for hydroxylation is 1. The number of nitrogen functional groups attached to an aromatic ring is 1. The Morgan fingerprint density at radius 3 is 2.74 bits per heavy atom. The molecule has 0 unspecified atom stereocenters. The van der Waals surface area contributed by atoms with E-state index in [2.05, 4.69) is 11.1 Å². The van der Waals surface area contributed by atoms with Gasteiger partial charge >= 0.3 is 0 Å². The number of ether oxygens (including phenoxy) is 1. The van der Waals surface area contributed by atoms with E-state index in [0.717, 1.165) is 18.6 Å². The molecule has 2 aromatic rings. The first-order chi connectivity index (χ1) is 8.84. The maximum Gasteiger partial charge on any atom is 0.168 e. The monoisotopic (exact) mass is 276 g/mol. The third kappa shape index (κ3) is 2.82. The van der Waals surface area contributed by atoms with E-state index in [1.54, 1.807) is 18.5 Å². The number of benzene rings is 1. The predicted molar refractivity (Wildman–Crippen MR) is 79.1 cm³/mol. The highest BCUT2D eigenvalue weighted by Gasteiger charge is 2.14. The molecule has 3 rings (SSSR count). The average molecular weight is 277 g/mol. The molecule has 19 heavy (non-hydrogen) atoms. The molecule has 1 aliphatic rings. The molecule has 1 aromatic heterocycles. The second-order valence-corrected chi connectivity index (χ2v) is 4.62. The molecule has 0 aliphatic heterocycles. The molecule has 1 aromatic carbocycles. The minimum absolute atomic E-state index is 0. The van der Waals surface area contributed by atoms with Crippen LogP contribution in [0.3, 0.4) is 0 Å². The Bertz CT molecular complexity index is 572. The van der Waals surface area contributed by atoms with Crippen molar-refractivity contribution in [2.75, 3.05) is 5.73 Å². The minimum atomic E-state index is 0. The van der Waals surface area contributed by atoms with Crippen LogP contribution in [-0.2, 0) is 12.8 Å². The molecule has 3 nitrogen and oxygen atoms in total. The molecule has 4 heteroatoms. The van der Waals surface area contributed by atoms with Gasteiger partial charge in [0.15, 0.2) is 5.75 Å². The number of rotatable bonds is 2. The lowest BCUT2D eigenvalue weighted by atomic mass is 9.91. The summed E-state index contributed by atoms with van der Waals surface area (Å²) in [4.78, 5) is 4.05. The molecule has 0 fully saturated rings. The van der Waals surface area contributed by atoms with E-state index >= 15 is 0 Å². The van der Waals surface area contributed by atoms with E-state index < -0.39 is 0 Å². The molecule has 0 saturated heterocycles. The predicted octanol–water partition coefficient (Wildman–Crippen LogP) is 3.76. The first-order valence-electron chi connectivity index (χ1n) is 6.33. The van der Waals surface area contributed by atoms with Crippen LogP contribution < -0.4 is 10.5 Å². The van der Waals surface area contributed by atoms with Crippen molar-refractivity contribution in [2.45, 2.75) is 25.7 Å². The number of fused-ring (bicyclic) bond motifs is 1. The average Bonchev–Trinajstić information content (AvgIpc) is 2.42. The zero-order valence-electron chi connectivity index (χ0n) is 10.6. The van der Waals surface area contributed by atoms with E-state index in [-0.39, 0.29) is 12.4 Å². The SMILES string of the molecule is Cl.Nc1ccncc1Oc1cccc2c1CCCC2. The molecule has 0 amide bonds. The van der Waals surface area contributed by atoms with E-state index in [1.807, 2.05) is 12.1 Å². The van der Waals surface area contributed by atoms with Gasteiger partial charge in [0, 0.05) is 6.20 Å². The van der Waals surface area contributed by atoms with Crippen LogP contribution in [0.25, 0.3) is 0 Å². The zero-order chi connectivity index (χ0) is 12.4. The van der Waals surface area contributed by atoms with Gasteiger partial charge < -0.3 is 10.5 Å². The molecular formula is C15H17ClN2O. The van der Waals surface area contributed by atoms with Crippen molar-refractivity contribution in [3.63, 3.8) is 0 Å². The van der Waals surface area contributed by atoms with Crippen molar-refractivity contribution in [3.8, 4) is 11.5 Å². The molecule has 2 N–H and O–H groups in total. The Labute approximate surface area is 119 Å². The zero-order valence-corrected chi connectivity index (χ0v) is 11.5. The Morgan fingerprint density at radius 2 is 1.89 bits per heavy atom. The van der Waals surface area contributed by atoms with Crippen molar-refractivity contribution in [2.24, 2.45) is 0 Å². The summed E-state index contributed by atoms with van der Waals surface area (Å²) in [5.74, 6) is 1.56. The quantitative estimate of drug-likeness (QED) is 0.909. The summed E-state index contributed by atoms with van der Waals surface area (Å²) in [6, 6.07) is 8.00. The molecule has 0 atom stereocenters. The highest BCUT2D eigenvalue weighted by Crippen LogP contribution is 2.34. The van der Waals surface area contributed by atoms with Crippen molar-refractivity contribution in [1.82, 2.24) is 4.98 Å². The lowest BCUT2D eigenvalue weighted by Crippen LogP contribution is -2.04. The minimum Gasteiger partial charge on any atom is -0.453 e. The third-order valence-electron chi connectivity index (χ3n) is 3.39. The third-order valence-corrected chi connectivity index (χ3v) is 3.39. The van der Waals surface area contributed by atoms with Gasteiger partial charge in [0.1, 0.15) is 5.75 Å². The maximum atomic E-state index is 5.92. The van der Waals surface area contributed by atoms with Crippen LogP contribution >= 0.6 is 12.4 Å². The molecule has 0 radical (unpaired) electrons. The molecule has 1 aliphatic carbocycles. The van der Waals surface area contributed by atoms with Crippen molar-refractivity contribution < 1.29 is 4.74 Å². The lowest BCUT2D eigenvalue weighted by Gasteiger charge is -2.19. The molecule has 0 saturated carbocycles. The second kappa shape index (κ2) is 5.93. The van der Waals surface area contributed by atoms with Gasteiger partial charge in [-0.3, -0.25) is 4.98 Å². The summed E-state index contributed by atoms with van der Waals surface area (Å²) < 4.78 is 5.92. The highest BCUT2D eigenvalue weighted by atomic mass is 35.5. The highest BCUT2D eigenvalue weighted by molar-refractivity contribution is 5.85. The molecule has 0 bridgehead atoms. The maximum absolute atomic E-state index is 5.92. The number of pyridine rings is 1. The summed E-state index contributed by atoms with van der Waals surface area (Å²) in [5, 5.41) is 0. The smallest absolute Gasteiger partial charge is 0.168 e. The van der Waals surface area contributed by atoms with Crippen LogP contribution in [-0.4, -0.2) is 4.98 Å². The fraction of sp³-hybridized carbons (Fsp3) is 0.267. The number of nitrogens with zero attached hydrogens (tertiary/aromatic N) is 1. The van der Waals surface area contributed by atoms with Crippen molar-refractivity contribution in [1.29, 1.82) is 0 Å². The molecule has 100 valence electrons. The van der Waals surface area contributed by atoms with Crippen LogP contribution in [0.5, 0.6) is 11.5 Å². The van der Waals surface area contributed by atoms with Gasteiger partial charge in [-0.05, 0) is 48.9 Å². The molecule has 1 heterocycles. The van der Waals surface area contributed by atoms with E-state index in [0.29, 0.717) is 11.4 Å². The Kier molecular flexibility index (Phi) is 4.27. The van der Waals surface area contributed by atoms with Gasteiger partial charge in [0.2, 0.25) is 0 Å². The van der Waals surface area contributed by atoms with Crippen LogP contribution in [0.15, 0.2) is 36.7 Å². The van der Waals surface area contributed by atoms with E-state index in [4.69, 9.17) is 10.5 Å². The number of hydrogen-bond donors (Lipinski definition) is 1. The van der Waals surface area contributed by atoms with Gasteiger partial charge in [-0.15, -0.1) is 12.4 Å². The topological polar surface area (TPSA) is 48.1 Å². The largest absolute Gasteiger partial charge is 0.453 e. The van der Waals surface area contributed by atoms with Crippen LogP contribution in [0, 0.1) is 0 Å². The summed E-state index contributed by atoms with van der Waals surface area (Å²) in [5.41, 5.74) is 9.23. The van der Waals surface area contributed by atoms with Gasteiger partial charge in [0.05, 0.1) is 11.9 Å². The summed E-state index contributed by atoms with van der Waals surface area (Å²) in [6.07, 6.45) is 8.07. The summed E-state index contributed by atoms with van der Waals surface area (Å²) >= 11 is 0. The van der Waals surface area contributed by atoms with E-state index in [1.165, 1.54) is 24.0 Å². The normalized spacial score (nSPS) is 13.3. The van der Waals surface area contributed by atoms with Crippen molar-refractivity contribution in [3.05, 3.63) is 47.8 Å². The number of anilines is 1. The Morgan fingerprint density at radius 1 is 1.05 bits per heavy atom. The first kappa shape index (κ1) is 13.7. The number of halogens is 1. The fourth-order valence-electron chi connectivity index (χ4n) is 2.44. The van der Waals surface area contributed by atoms with Gasteiger partial charge in [-0.1, -0.05) is 12.1 Å². The Balaban J connectivity index is 0.00000133. The van der Waals surface area contributed by atoms with Crippen LogP contribution in [0.2, 0.25) is 0 Å². The second-order valence-electron chi connectivity index (χ2n) is 4.62. The van der Waals surface area contributed by atoms with Crippen LogP contribution in [0.4, 0.5) is 5.69 Å². The summed E-state index contributed by atoms with van der Waals surface area (Å²) in [6.45, 7) is 0. The van der Waals surface area contributed by atoms with E-state index in [9.17, 15) is 0 Å². The number of hydrogen-bond acceptors (Lipinski definition) is 3.